The van der Waals surface area contributed by atoms with Crippen LogP contribution in [0.3, 0.4) is 0 Å². The molecule has 3 heteroatoms. The van der Waals surface area contributed by atoms with Crippen LogP contribution in [0.4, 0.5) is 4.39 Å². The van der Waals surface area contributed by atoms with Gasteiger partial charge in [0.05, 0.1) is 10.7 Å². The Hall–Kier alpha value is -1.41. The molecule has 0 spiro atoms. The van der Waals surface area contributed by atoms with E-state index in [-0.39, 0.29) is 5.82 Å². The summed E-state index contributed by atoms with van der Waals surface area (Å²) in [7, 11) is 0. The Morgan fingerprint density at radius 1 is 1.27 bits per heavy atom. The van der Waals surface area contributed by atoms with Crippen LogP contribution in [-0.2, 0) is 0 Å². The Balaban J connectivity index is 2.54. The van der Waals surface area contributed by atoms with E-state index in [1.807, 2.05) is 19.1 Å². The van der Waals surface area contributed by atoms with Crippen molar-refractivity contribution in [2.45, 2.75) is 6.92 Å². The molecule has 0 saturated carbocycles. The summed E-state index contributed by atoms with van der Waals surface area (Å²) in [5.41, 5.74) is 2.47. The zero-order valence-electron chi connectivity index (χ0n) is 8.17. The lowest BCUT2D eigenvalue weighted by Gasteiger charge is -2.04. The van der Waals surface area contributed by atoms with Gasteiger partial charge in [-0.15, -0.1) is 0 Å². The highest BCUT2D eigenvalue weighted by Crippen LogP contribution is 2.23. The lowest BCUT2D eigenvalue weighted by atomic mass is 10.1. The molecule has 0 radical (unpaired) electrons. The minimum atomic E-state index is -0.261. The number of aromatic nitrogens is 1. The summed E-state index contributed by atoms with van der Waals surface area (Å²) in [6, 6.07) is 8.18. The summed E-state index contributed by atoms with van der Waals surface area (Å²) in [6.45, 7) is 1.90. The van der Waals surface area contributed by atoms with Gasteiger partial charge in [-0.3, -0.25) is 4.98 Å². The molecule has 15 heavy (non-hydrogen) atoms. The third-order valence-corrected chi connectivity index (χ3v) is 2.35. The van der Waals surface area contributed by atoms with Crippen LogP contribution in [0.5, 0.6) is 0 Å². The van der Waals surface area contributed by atoms with Gasteiger partial charge in [0.25, 0.3) is 0 Å². The molecule has 0 aliphatic carbocycles. The second kappa shape index (κ2) is 3.99. The minimum absolute atomic E-state index is 0.261. The molecule has 0 amide bonds. The van der Waals surface area contributed by atoms with Gasteiger partial charge in [0.1, 0.15) is 5.82 Å². The lowest BCUT2D eigenvalue weighted by Crippen LogP contribution is -1.88. The third-order valence-electron chi connectivity index (χ3n) is 2.14. The van der Waals surface area contributed by atoms with E-state index < -0.39 is 0 Å². The molecule has 1 heterocycles. The molecule has 0 aliphatic rings. The lowest BCUT2D eigenvalue weighted by molar-refractivity contribution is 0.628. The van der Waals surface area contributed by atoms with Gasteiger partial charge in [-0.1, -0.05) is 23.7 Å². The number of benzene rings is 1. The molecule has 0 aliphatic heterocycles. The van der Waals surface area contributed by atoms with Crippen molar-refractivity contribution in [2.75, 3.05) is 0 Å². The SMILES string of the molecule is Cc1cc(Cl)cnc1-c1cccc(F)c1. The van der Waals surface area contributed by atoms with Crippen LogP contribution >= 0.6 is 11.6 Å². The van der Waals surface area contributed by atoms with Crippen molar-refractivity contribution >= 4 is 11.6 Å². The molecule has 0 bridgehead atoms. The maximum Gasteiger partial charge on any atom is 0.123 e. The highest BCUT2D eigenvalue weighted by atomic mass is 35.5. The highest BCUT2D eigenvalue weighted by Gasteiger charge is 2.04. The van der Waals surface area contributed by atoms with E-state index in [2.05, 4.69) is 4.98 Å². The van der Waals surface area contributed by atoms with Gasteiger partial charge in [0, 0.05) is 11.8 Å². The number of nitrogens with zero attached hydrogens (tertiary/aromatic N) is 1. The summed E-state index contributed by atoms with van der Waals surface area (Å²) >= 11 is 5.80. The molecule has 0 unspecified atom stereocenters. The van der Waals surface area contributed by atoms with Gasteiger partial charge >= 0.3 is 0 Å². The topological polar surface area (TPSA) is 12.9 Å². The first-order valence-corrected chi connectivity index (χ1v) is 4.93. The molecule has 0 fully saturated rings. The van der Waals surface area contributed by atoms with Gasteiger partial charge in [-0.2, -0.15) is 0 Å². The average molecular weight is 222 g/mol. The van der Waals surface area contributed by atoms with Crippen LogP contribution in [0.2, 0.25) is 5.02 Å². The summed E-state index contributed by atoms with van der Waals surface area (Å²) in [4.78, 5) is 4.19. The van der Waals surface area contributed by atoms with Crippen molar-refractivity contribution in [2.24, 2.45) is 0 Å². The van der Waals surface area contributed by atoms with Gasteiger partial charge in [-0.05, 0) is 30.7 Å². The Morgan fingerprint density at radius 3 is 2.73 bits per heavy atom. The summed E-state index contributed by atoms with van der Waals surface area (Å²) < 4.78 is 13.0. The van der Waals surface area contributed by atoms with E-state index in [0.29, 0.717) is 5.02 Å². The van der Waals surface area contributed by atoms with Crippen LogP contribution in [0.25, 0.3) is 11.3 Å². The Kier molecular flexibility index (Phi) is 2.69. The normalized spacial score (nSPS) is 10.3. The maximum atomic E-state index is 13.0. The fourth-order valence-corrected chi connectivity index (χ4v) is 1.69. The van der Waals surface area contributed by atoms with Crippen molar-refractivity contribution in [3.8, 4) is 11.3 Å². The zero-order valence-corrected chi connectivity index (χ0v) is 8.92. The number of rotatable bonds is 1. The van der Waals surface area contributed by atoms with E-state index in [1.54, 1.807) is 12.3 Å². The van der Waals surface area contributed by atoms with E-state index in [4.69, 9.17) is 11.6 Å². The molecular weight excluding hydrogens is 213 g/mol. The first kappa shape index (κ1) is 10.1. The van der Waals surface area contributed by atoms with Crippen molar-refractivity contribution in [3.05, 3.63) is 52.9 Å². The highest BCUT2D eigenvalue weighted by molar-refractivity contribution is 6.30. The monoisotopic (exact) mass is 221 g/mol. The summed E-state index contributed by atoms with van der Waals surface area (Å²) in [6.07, 6.45) is 1.56. The van der Waals surface area contributed by atoms with Gasteiger partial charge in [0.15, 0.2) is 0 Å². The summed E-state index contributed by atoms with van der Waals surface area (Å²) in [5.74, 6) is -0.261. The van der Waals surface area contributed by atoms with E-state index in [0.717, 1.165) is 16.8 Å². The first-order valence-electron chi connectivity index (χ1n) is 4.55. The molecule has 1 aromatic carbocycles. The first-order chi connectivity index (χ1) is 7.16. The Morgan fingerprint density at radius 2 is 2.07 bits per heavy atom. The second-order valence-electron chi connectivity index (χ2n) is 3.33. The van der Waals surface area contributed by atoms with Crippen molar-refractivity contribution in [1.82, 2.24) is 4.98 Å². The largest absolute Gasteiger partial charge is 0.254 e. The molecule has 2 aromatic rings. The smallest absolute Gasteiger partial charge is 0.123 e. The Bertz CT molecular complexity index is 497. The van der Waals surface area contributed by atoms with Crippen molar-refractivity contribution < 1.29 is 4.39 Å². The number of halogens is 2. The predicted octanol–water partition coefficient (Wildman–Crippen LogP) is 3.85. The quantitative estimate of drug-likeness (QED) is 0.713. The van der Waals surface area contributed by atoms with Crippen molar-refractivity contribution in [3.63, 3.8) is 0 Å². The molecular formula is C12H9ClFN. The molecule has 1 nitrogen and oxygen atoms in total. The van der Waals surface area contributed by atoms with E-state index in [1.165, 1.54) is 12.1 Å². The fourth-order valence-electron chi connectivity index (χ4n) is 1.48. The molecule has 76 valence electrons. The second-order valence-corrected chi connectivity index (χ2v) is 3.77. The third kappa shape index (κ3) is 2.16. The predicted molar refractivity (Wildman–Crippen MR) is 59.4 cm³/mol. The molecule has 0 atom stereocenters. The van der Waals surface area contributed by atoms with Crippen LogP contribution in [0, 0.1) is 12.7 Å². The molecule has 0 N–H and O–H groups in total. The molecule has 1 aromatic heterocycles. The average Bonchev–Trinajstić information content (AvgIpc) is 2.17. The molecule has 2 rings (SSSR count). The number of hydrogen-bond acceptors (Lipinski definition) is 1. The van der Waals surface area contributed by atoms with Crippen LogP contribution in [0.15, 0.2) is 36.5 Å². The van der Waals surface area contributed by atoms with Crippen LogP contribution in [-0.4, -0.2) is 4.98 Å². The number of pyridine rings is 1. The fraction of sp³-hybridized carbons (Fsp3) is 0.0833. The van der Waals surface area contributed by atoms with Gasteiger partial charge < -0.3 is 0 Å². The number of hydrogen-bond donors (Lipinski definition) is 0. The summed E-state index contributed by atoms with van der Waals surface area (Å²) in [5, 5.41) is 0.590. The Labute approximate surface area is 92.5 Å². The standard InChI is InChI=1S/C12H9ClFN/c1-8-5-10(13)7-15-12(8)9-3-2-4-11(14)6-9/h2-7H,1H3. The van der Waals surface area contributed by atoms with Crippen molar-refractivity contribution in [1.29, 1.82) is 0 Å². The zero-order chi connectivity index (χ0) is 10.8. The maximum absolute atomic E-state index is 13.0. The van der Waals surface area contributed by atoms with E-state index >= 15 is 0 Å². The van der Waals surface area contributed by atoms with Crippen LogP contribution < -0.4 is 0 Å². The van der Waals surface area contributed by atoms with Crippen LogP contribution in [0.1, 0.15) is 5.56 Å². The van der Waals surface area contributed by atoms with Gasteiger partial charge in [-0.25, -0.2) is 4.39 Å². The number of aryl methyl sites for hydroxylation is 1. The molecule has 0 saturated heterocycles. The van der Waals surface area contributed by atoms with E-state index in [9.17, 15) is 4.39 Å². The minimum Gasteiger partial charge on any atom is -0.254 e. The van der Waals surface area contributed by atoms with Gasteiger partial charge in [0.2, 0.25) is 0 Å².